The Morgan fingerprint density at radius 1 is 1.09 bits per heavy atom. The van der Waals surface area contributed by atoms with Crippen molar-refractivity contribution in [3.8, 4) is 11.3 Å². The Morgan fingerprint density at radius 2 is 1.75 bits per heavy atom. The zero-order chi connectivity index (χ0) is 23.7. The van der Waals surface area contributed by atoms with Crippen LogP contribution in [-0.4, -0.2) is 27.9 Å². The van der Waals surface area contributed by atoms with Crippen LogP contribution >= 0.6 is 0 Å². The second-order valence-electron chi connectivity index (χ2n) is 8.13. The molecule has 2 heterocycles. The Balaban J connectivity index is 1.95. The molecule has 3 aromatic rings. The second-order valence-corrected chi connectivity index (χ2v) is 8.13. The summed E-state index contributed by atoms with van der Waals surface area (Å²) < 4.78 is 59.0. The van der Waals surface area contributed by atoms with E-state index in [0.717, 1.165) is 18.3 Å². The number of aromatic nitrogens is 2. The highest BCUT2D eigenvalue weighted by Gasteiger charge is 2.30. The highest BCUT2D eigenvalue weighted by molar-refractivity contribution is 5.94. The molecule has 1 aromatic carbocycles. The fourth-order valence-corrected chi connectivity index (χ4v) is 3.16. The van der Waals surface area contributed by atoms with Gasteiger partial charge in [-0.05, 0) is 24.3 Å². The molecule has 0 aliphatic rings. The van der Waals surface area contributed by atoms with E-state index in [1.54, 1.807) is 13.8 Å². The number of fused-ring (bicyclic) bond motifs is 1. The Hall–Kier alpha value is -3.43. The van der Waals surface area contributed by atoms with Crippen molar-refractivity contribution in [2.24, 2.45) is 5.41 Å². The number of carbonyl (C=O) groups is 2. The van der Waals surface area contributed by atoms with Crippen LogP contribution in [0, 0.1) is 11.2 Å². The van der Waals surface area contributed by atoms with Crippen molar-refractivity contribution in [1.29, 1.82) is 0 Å². The number of anilines is 1. The molecule has 0 aliphatic heterocycles. The molecular formula is C22H21F4N3O3. The lowest BCUT2D eigenvalue weighted by molar-refractivity contribution is -0.145. The van der Waals surface area contributed by atoms with Gasteiger partial charge >= 0.3 is 12.1 Å². The average Bonchev–Trinajstić information content (AvgIpc) is 3.02. The van der Waals surface area contributed by atoms with E-state index in [2.05, 4.69) is 10.3 Å². The normalized spacial score (nSPS) is 12.1. The SMILES string of the molecule is CC(=O)OCC(C)(C)CC(=O)Nc1nc2ccc(F)cn2c1-c1ccc(C(F)(F)F)cc1. The number of halogens is 4. The molecule has 1 N–H and O–H groups in total. The Labute approximate surface area is 181 Å². The number of pyridine rings is 1. The summed E-state index contributed by atoms with van der Waals surface area (Å²) >= 11 is 0. The fourth-order valence-electron chi connectivity index (χ4n) is 3.16. The Kier molecular flexibility index (Phi) is 6.25. The number of carbonyl (C=O) groups excluding carboxylic acids is 2. The number of rotatable bonds is 6. The number of hydrogen-bond acceptors (Lipinski definition) is 4. The van der Waals surface area contributed by atoms with Crippen LogP contribution in [0.3, 0.4) is 0 Å². The molecular weight excluding hydrogens is 430 g/mol. The maximum Gasteiger partial charge on any atom is 0.416 e. The molecule has 0 spiro atoms. The van der Waals surface area contributed by atoms with E-state index >= 15 is 0 Å². The minimum atomic E-state index is -4.51. The van der Waals surface area contributed by atoms with Gasteiger partial charge in [0, 0.05) is 30.5 Å². The van der Waals surface area contributed by atoms with Crippen LogP contribution in [0.15, 0.2) is 42.6 Å². The summed E-state index contributed by atoms with van der Waals surface area (Å²) in [5.41, 5.74) is -0.657. The summed E-state index contributed by atoms with van der Waals surface area (Å²) in [7, 11) is 0. The summed E-state index contributed by atoms with van der Waals surface area (Å²) in [4.78, 5) is 28.0. The van der Waals surface area contributed by atoms with Crippen molar-refractivity contribution < 1.29 is 31.9 Å². The third-order valence-electron chi connectivity index (χ3n) is 4.63. The van der Waals surface area contributed by atoms with Crippen LogP contribution < -0.4 is 5.32 Å². The minimum Gasteiger partial charge on any atom is -0.465 e. The maximum atomic E-state index is 13.9. The molecule has 3 rings (SSSR count). The smallest absolute Gasteiger partial charge is 0.416 e. The van der Waals surface area contributed by atoms with Gasteiger partial charge in [0.05, 0.1) is 17.9 Å². The summed E-state index contributed by atoms with van der Waals surface area (Å²) in [6, 6.07) is 6.86. The van der Waals surface area contributed by atoms with Gasteiger partial charge in [-0.25, -0.2) is 9.37 Å². The van der Waals surface area contributed by atoms with E-state index in [9.17, 15) is 27.2 Å². The molecule has 0 atom stereocenters. The van der Waals surface area contributed by atoms with Gasteiger partial charge in [0.25, 0.3) is 0 Å². The molecule has 0 saturated carbocycles. The van der Waals surface area contributed by atoms with Gasteiger partial charge in [0.1, 0.15) is 11.5 Å². The lowest BCUT2D eigenvalue weighted by atomic mass is 9.90. The van der Waals surface area contributed by atoms with Crippen molar-refractivity contribution in [2.75, 3.05) is 11.9 Å². The number of alkyl halides is 3. The van der Waals surface area contributed by atoms with Crippen LogP contribution in [0.25, 0.3) is 16.9 Å². The van der Waals surface area contributed by atoms with Gasteiger partial charge in [0.2, 0.25) is 5.91 Å². The first kappa shape index (κ1) is 23.2. The zero-order valence-corrected chi connectivity index (χ0v) is 17.6. The maximum absolute atomic E-state index is 13.9. The lowest BCUT2D eigenvalue weighted by Gasteiger charge is -2.23. The van der Waals surface area contributed by atoms with E-state index in [0.29, 0.717) is 11.2 Å². The fraction of sp³-hybridized carbons (Fsp3) is 0.318. The van der Waals surface area contributed by atoms with Gasteiger partial charge in [-0.15, -0.1) is 0 Å². The van der Waals surface area contributed by atoms with Crippen molar-refractivity contribution >= 4 is 23.3 Å². The molecule has 32 heavy (non-hydrogen) atoms. The third kappa shape index (κ3) is 5.43. The number of hydrogen-bond donors (Lipinski definition) is 1. The van der Waals surface area contributed by atoms with Gasteiger partial charge in [-0.3, -0.25) is 14.0 Å². The molecule has 0 radical (unpaired) electrons. The van der Waals surface area contributed by atoms with Crippen molar-refractivity contribution in [2.45, 2.75) is 33.4 Å². The quantitative estimate of drug-likeness (QED) is 0.419. The molecule has 170 valence electrons. The molecule has 0 unspecified atom stereocenters. The highest BCUT2D eigenvalue weighted by atomic mass is 19.4. The Morgan fingerprint density at radius 3 is 2.34 bits per heavy atom. The van der Waals surface area contributed by atoms with Crippen LogP contribution in [-0.2, 0) is 20.5 Å². The number of nitrogens with zero attached hydrogens (tertiary/aromatic N) is 2. The van der Waals surface area contributed by atoms with E-state index < -0.39 is 34.8 Å². The number of amides is 1. The molecule has 6 nitrogen and oxygen atoms in total. The van der Waals surface area contributed by atoms with Crippen LogP contribution in [0.4, 0.5) is 23.4 Å². The standard InChI is InChI=1S/C22H21F4N3O3/c1-13(30)32-12-21(2,3)10-18(31)28-20-19(29-11-16(23)8-9-17(29)27-20)14-4-6-15(7-5-14)22(24,25)26/h4-9,11H,10,12H2,1-3H3,(H,28,31). The van der Waals surface area contributed by atoms with E-state index in [1.807, 2.05) is 0 Å². The first-order valence-corrected chi connectivity index (χ1v) is 9.64. The zero-order valence-electron chi connectivity index (χ0n) is 17.6. The largest absolute Gasteiger partial charge is 0.465 e. The van der Waals surface area contributed by atoms with Gasteiger partial charge in [-0.1, -0.05) is 26.0 Å². The number of benzene rings is 1. The third-order valence-corrected chi connectivity index (χ3v) is 4.63. The second kappa shape index (κ2) is 8.60. The van der Waals surface area contributed by atoms with Crippen LogP contribution in [0.1, 0.15) is 32.8 Å². The first-order chi connectivity index (χ1) is 14.9. The van der Waals surface area contributed by atoms with E-state index in [4.69, 9.17) is 4.74 Å². The van der Waals surface area contributed by atoms with E-state index in [1.165, 1.54) is 35.6 Å². The van der Waals surface area contributed by atoms with Crippen LogP contribution in [0.5, 0.6) is 0 Å². The average molecular weight is 451 g/mol. The molecule has 1 amide bonds. The summed E-state index contributed by atoms with van der Waals surface area (Å²) in [5, 5.41) is 2.65. The van der Waals surface area contributed by atoms with Gasteiger partial charge < -0.3 is 10.1 Å². The number of ether oxygens (including phenoxy) is 1. The first-order valence-electron chi connectivity index (χ1n) is 9.64. The summed E-state index contributed by atoms with van der Waals surface area (Å²) in [6.45, 7) is 4.77. The van der Waals surface area contributed by atoms with Crippen molar-refractivity contribution in [3.05, 3.63) is 54.0 Å². The molecule has 0 bridgehead atoms. The number of esters is 1. The molecule has 0 fully saturated rings. The Bertz CT molecular complexity index is 1150. The van der Waals surface area contributed by atoms with E-state index in [-0.39, 0.29) is 24.5 Å². The number of imidazole rings is 1. The van der Waals surface area contributed by atoms with Crippen LogP contribution in [0.2, 0.25) is 0 Å². The monoisotopic (exact) mass is 451 g/mol. The van der Waals surface area contributed by atoms with Crippen molar-refractivity contribution in [1.82, 2.24) is 9.38 Å². The predicted octanol–water partition coefficient (Wildman–Crippen LogP) is 5.08. The number of nitrogens with one attached hydrogen (secondary N) is 1. The predicted molar refractivity (Wildman–Crippen MR) is 109 cm³/mol. The summed E-state index contributed by atoms with van der Waals surface area (Å²) in [5.74, 6) is -1.42. The minimum absolute atomic E-state index is 0.0189. The van der Waals surface area contributed by atoms with Gasteiger partial charge in [0.15, 0.2) is 5.82 Å². The van der Waals surface area contributed by atoms with Gasteiger partial charge in [-0.2, -0.15) is 13.2 Å². The molecule has 10 heteroatoms. The summed E-state index contributed by atoms with van der Waals surface area (Å²) in [6.07, 6.45) is -3.39. The molecule has 2 aromatic heterocycles. The van der Waals surface area contributed by atoms with Crippen molar-refractivity contribution in [3.63, 3.8) is 0 Å². The lowest BCUT2D eigenvalue weighted by Crippen LogP contribution is -2.27. The molecule has 0 saturated heterocycles. The highest BCUT2D eigenvalue weighted by Crippen LogP contribution is 2.34. The topological polar surface area (TPSA) is 72.7 Å². The molecule has 0 aliphatic carbocycles.